The molecule has 1 aliphatic rings. The van der Waals surface area contributed by atoms with Crippen molar-refractivity contribution in [1.29, 1.82) is 0 Å². The van der Waals surface area contributed by atoms with Crippen molar-refractivity contribution >= 4 is 21.9 Å². The first-order chi connectivity index (χ1) is 11.7. The third-order valence-electron chi connectivity index (χ3n) is 4.24. The van der Waals surface area contributed by atoms with Gasteiger partial charge in [-0.3, -0.25) is 4.79 Å². The van der Waals surface area contributed by atoms with E-state index >= 15 is 0 Å². The fraction of sp³-hybridized carbons (Fsp3) is 0.500. The molecule has 0 saturated carbocycles. The number of carboxylic acids is 1. The molecule has 1 heterocycles. The van der Waals surface area contributed by atoms with Crippen LogP contribution in [0.5, 0.6) is 0 Å². The van der Waals surface area contributed by atoms with Gasteiger partial charge in [0, 0.05) is 26.6 Å². The predicted octanol–water partition coefficient (Wildman–Crippen LogP) is 1.30. The molecule has 138 valence electrons. The zero-order chi connectivity index (χ0) is 18.6. The molecule has 1 N–H and O–H groups in total. The Labute approximate surface area is 146 Å². The lowest BCUT2D eigenvalue weighted by molar-refractivity contribution is -0.148. The predicted molar refractivity (Wildman–Crippen MR) is 87.8 cm³/mol. The second-order valence-corrected chi connectivity index (χ2v) is 8.01. The first-order valence-electron chi connectivity index (χ1n) is 7.97. The van der Waals surface area contributed by atoms with Gasteiger partial charge in [-0.15, -0.1) is 0 Å². The number of amides is 1. The number of halogens is 1. The third kappa shape index (κ3) is 4.55. The number of rotatable bonds is 7. The van der Waals surface area contributed by atoms with Crippen molar-refractivity contribution in [3.05, 3.63) is 30.1 Å². The maximum Gasteiger partial charge on any atom is 0.326 e. The molecular formula is C16H21FN2O5S. The van der Waals surface area contributed by atoms with Gasteiger partial charge >= 0.3 is 5.97 Å². The van der Waals surface area contributed by atoms with Crippen LogP contribution in [0, 0.1) is 5.82 Å². The van der Waals surface area contributed by atoms with E-state index in [1.165, 1.54) is 24.1 Å². The van der Waals surface area contributed by atoms with Crippen LogP contribution in [0.4, 0.5) is 4.39 Å². The number of benzene rings is 1. The molecule has 9 heteroatoms. The van der Waals surface area contributed by atoms with Crippen LogP contribution in [0.2, 0.25) is 0 Å². The SMILES string of the molecule is CN(CCCC(=O)N1CCC[C@@H]1C(=O)O)S(=O)(=O)c1ccc(F)cc1. The van der Waals surface area contributed by atoms with Crippen LogP contribution in [0.15, 0.2) is 29.2 Å². The monoisotopic (exact) mass is 372 g/mol. The number of nitrogens with zero attached hydrogens (tertiary/aromatic N) is 2. The van der Waals surface area contributed by atoms with Crippen LogP contribution < -0.4 is 0 Å². The van der Waals surface area contributed by atoms with E-state index in [-0.39, 0.29) is 30.2 Å². The summed E-state index contributed by atoms with van der Waals surface area (Å²) in [6.45, 7) is 0.524. The van der Waals surface area contributed by atoms with E-state index in [1.807, 2.05) is 0 Å². The maximum atomic E-state index is 12.9. The molecule has 1 amide bonds. The molecule has 1 aromatic carbocycles. The lowest BCUT2D eigenvalue weighted by Gasteiger charge is -2.22. The van der Waals surface area contributed by atoms with Gasteiger partial charge in [-0.1, -0.05) is 0 Å². The summed E-state index contributed by atoms with van der Waals surface area (Å²) in [7, 11) is -2.36. The van der Waals surface area contributed by atoms with Gasteiger partial charge in [-0.2, -0.15) is 0 Å². The topological polar surface area (TPSA) is 95.0 Å². The molecule has 1 atom stereocenters. The number of likely N-dealkylation sites (tertiary alicyclic amines) is 1. The number of sulfonamides is 1. The van der Waals surface area contributed by atoms with Crippen LogP contribution in [-0.4, -0.2) is 60.8 Å². The Hall–Kier alpha value is -2.00. The lowest BCUT2D eigenvalue weighted by Crippen LogP contribution is -2.40. The van der Waals surface area contributed by atoms with Crippen LogP contribution in [0.1, 0.15) is 25.7 Å². The molecule has 0 radical (unpaired) electrons. The van der Waals surface area contributed by atoms with Crippen molar-refractivity contribution in [1.82, 2.24) is 9.21 Å². The average Bonchev–Trinajstić information content (AvgIpc) is 3.05. The van der Waals surface area contributed by atoms with E-state index in [2.05, 4.69) is 0 Å². The van der Waals surface area contributed by atoms with E-state index in [0.29, 0.717) is 19.4 Å². The smallest absolute Gasteiger partial charge is 0.326 e. The Morgan fingerprint density at radius 2 is 1.96 bits per heavy atom. The van der Waals surface area contributed by atoms with Gasteiger partial charge in [0.15, 0.2) is 0 Å². The van der Waals surface area contributed by atoms with Gasteiger partial charge in [0.1, 0.15) is 11.9 Å². The molecule has 25 heavy (non-hydrogen) atoms. The number of carboxylic acid groups (broad SMARTS) is 1. The summed E-state index contributed by atoms with van der Waals surface area (Å²) >= 11 is 0. The van der Waals surface area contributed by atoms with Crippen molar-refractivity contribution in [3.63, 3.8) is 0 Å². The number of carbonyl (C=O) groups excluding carboxylic acids is 1. The molecule has 7 nitrogen and oxygen atoms in total. The molecular weight excluding hydrogens is 351 g/mol. The quantitative estimate of drug-likeness (QED) is 0.778. The molecule has 0 bridgehead atoms. The largest absolute Gasteiger partial charge is 0.480 e. The van der Waals surface area contributed by atoms with Gasteiger partial charge in [0.25, 0.3) is 0 Å². The minimum absolute atomic E-state index is 0.0202. The highest BCUT2D eigenvalue weighted by molar-refractivity contribution is 7.89. The fourth-order valence-corrected chi connectivity index (χ4v) is 4.03. The molecule has 2 rings (SSSR count). The highest BCUT2D eigenvalue weighted by Gasteiger charge is 2.33. The highest BCUT2D eigenvalue weighted by atomic mass is 32.2. The standard InChI is InChI=1S/C16H21FN2O5S/c1-18(25(23,24)13-8-6-12(17)7-9-13)10-3-5-15(20)19-11-2-4-14(19)16(21)22/h6-9,14H,2-5,10-11H2,1H3,(H,21,22)/t14-/m1/s1. The first kappa shape index (κ1) is 19.3. The van der Waals surface area contributed by atoms with E-state index in [9.17, 15) is 22.4 Å². The number of hydrogen-bond donors (Lipinski definition) is 1. The van der Waals surface area contributed by atoms with Crippen molar-refractivity contribution in [2.45, 2.75) is 36.6 Å². The summed E-state index contributed by atoms with van der Waals surface area (Å²) in [6.07, 6.45) is 1.45. The number of aliphatic carboxylic acids is 1. The van der Waals surface area contributed by atoms with Crippen molar-refractivity contribution in [3.8, 4) is 0 Å². The summed E-state index contributed by atoms with van der Waals surface area (Å²) in [5.41, 5.74) is 0. The second-order valence-electron chi connectivity index (χ2n) is 5.97. The maximum absolute atomic E-state index is 12.9. The molecule has 0 aliphatic carbocycles. The molecule has 1 aliphatic heterocycles. The molecule has 0 spiro atoms. The van der Waals surface area contributed by atoms with E-state index in [1.54, 1.807) is 0 Å². The van der Waals surface area contributed by atoms with Crippen LogP contribution >= 0.6 is 0 Å². The van der Waals surface area contributed by atoms with Gasteiger partial charge in [-0.05, 0) is 43.5 Å². The van der Waals surface area contributed by atoms with Crippen LogP contribution in [-0.2, 0) is 19.6 Å². The highest BCUT2D eigenvalue weighted by Crippen LogP contribution is 2.20. The Morgan fingerprint density at radius 3 is 2.56 bits per heavy atom. The Kier molecular flexibility index (Phi) is 6.12. The van der Waals surface area contributed by atoms with Crippen molar-refractivity contribution in [2.24, 2.45) is 0 Å². The van der Waals surface area contributed by atoms with Gasteiger partial charge in [0.2, 0.25) is 15.9 Å². The van der Waals surface area contributed by atoms with Gasteiger partial charge in [-0.25, -0.2) is 21.9 Å². The molecule has 1 saturated heterocycles. The zero-order valence-electron chi connectivity index (χ0n) is 13.9. The zero-order valence-corrected chi connectivity index (χ0v) is 14.7. The lowest BCUT2D eigenvalue weighted by atomic mass is 10.2. The average molecular weight is 372 g/mol. The third-order valence-corrected chi connectivity index (χ3v) is 6.11. The summed E-state index contributed by atoms with van der Waals surface area (Å²) < 4.78 is 38.7. The van der Waals surface area contributed by atoms with Crippen LogP contribution in [0.25, 0.3) is 0 Å². The van der Waals surface area contributed by atoms with Crippen molar-refractivity contribution < 1.29 is 27.5 Å². The summed E-state index contributed by atoms with van der Waals surface area (Å²) in [4.78, 5) is 24.6. The fourth-order valence-electron chi connectivity index (χ4n) is 2.83. The van der Waals surface area contributed by atoms with Gasteiger partial charge in [0.05, 0.1) is 4.90 Å². The second kappa shape index (κ2) is 7.92. The molecule has 1 aromatic rings. The first-order valence-corrected chi connectivity index (χ1v) is 9.41. The number of carbonyl (C=O) groups is 2. The van der Waals surface area contributed by atoms with E-state index in [4.69, 9.17) is 5.11 Å². The van der Waals surface area contributed by atoms with Crippen LogP contribution in [0.3, 0.4) is 0 Å². The molecule has 0 unspecified atom stereocenters. The van der Waals surface area contributed by atoms with E-state index < -0.39 is 27.9 Å². The van der Waals surface area contributed by atoms with Crippen molar-refractivity contribution in [2.75, 3.05) is 20.1 Å². The molecule has 0 aromatic heterocycles. The minimum atomic E-state index is -3.75. The Bertz CT molecular complexity index is 735. The minimum Gasteiger partial charge on any atom is -0.480 e. The Balaban J connectivity index is 1.89. The molecule has 1 fully saturated rings. The summed E-state index contributed by atoms with van der Waals surface area (Å²) in [5.74, 6) is -1.81. The number of hydrogen-bond acceptors (Lipinski definition) is 4. The van der Waals surface area contributed by atoms with Gasteiger partial charge < -0.3 is 10.0 Å². The van der Waals surface area contributed by atoms with E-state index in [0.717, 1.165) is 16.4 Å². The summed E-state index contributed by atoms with van der Waals surface area (Å²) in [6, 6.07) is 3.74. The normalized spacial score (nSPS) is 17.9. The Morgan fingerprint density at radius 1 is 1.32 bits per heavy atom. The summed E-state index contributed by atoms with van der Waals surface area (Å²) in [5, 5.41) is 9.09.